The molecule has 3 heteroatoms. The smallest absolute Gasteiger partial charge is 0.142 e. The first kappa shape index (κ1) is 11.9. The summed E-state index contributed by atoms with van der Waals surface area (Å²) in [4.78, 5) is 2.34. The van der Waals surface area contributed by atoms with Crippen LogP contribution in [-0.2, 0) is 6.54 Å². The molecule has 2 N–H and O–H groups in total. The fourth-order valence-corrected chi connectivity index (χ4v) is 2.40. The van der Waals surface area contributed by atoms with E-state index in [1.165, 1.54) is 5.56 Å². The summed E-state index contributed by atoms with van der Waals surface area (Å²) in [6, 6.07) is 14.5. The second-order valence-corrected chi connectivity index (χ2v) is 4.93. The lowest BCUT2D eigenvalue weighted by molar-refractivity contribution is 0.307. The van der Waals surface area contributed by atoms with Crippen molar-refractivity contribution in [2.75, 3.05) is 23.8 Å². The van der Waals surface area contributed by atoms with E-state index in [1.54, 1.807) is 0 Å². The van der Waals surface area contributed by atoms with E-state index in [1.807, 2.05) is 25.1 Å². The van der Waals surface area contributed by atoms with Crippen LogP contribution in [0.1, 0.15) is 11.1 Å². The summed E-state index contributed by atoms with van der Waals surface area (Å²) in [5, 5.41) is 0. The van der Waals surface area contributed by atoms with Crippen molar-refractivity contribution in [2.24, 2.45) is 0 Å². The zero-order valence-corrected chi connectivity index (χ0v) is 11.1. The standard InChI is InChI=1S/C16H18N2O/c1-12-6-7-13(10-14(12)17)11-18-8-9-19-16-5-3-2-4-15(16)18/h2-7,10H,8-9,11,17H2,1H3. The van der Waals surface area contributed by atoms with Crippen molar-refractivity contribution in [3.8, 4) is 5.75 Å². The van der Waals surface area contributed by atoms with Gasteiger partial charge < -0.3 is 15.4 Å². The third-order valence-electron chi connectivity index (χ3n) is 3.54. The third kappa shape index (κ3) is 2.36. The van der Waals surface area contributed by atoms with Crippen LogP contribution in [0.5, 0.6) is 5.75 Å². The Hall–Kier alpha value is -2.16. The number of aryl methyl sites for hydroxylation is 1. The van der Waals surface area contributed by atoms with E-state index in [9.17, 15) is 0 Å². The van der Waals surface area contributed by atoms with Crippen molar-refractivity contribution >= 4 is 11.4 Å². The fourth-order valence-electron chi connectivity index (χ4n) is 2.40. The van der Waals surface area contributed by atoms with Gasteiger partial charge in [0.2, 0.25) is 0 Å². The molecule has 0 unspecified atom stereocenters. The van der Waals surface area contributed by atoms with E-state index in [4.69, 9.17) is 10.5 Å². The highest BCUT2D eigenvalue weighted by Crippen LogP contribution is 2.32. The van der Waals surface area contributed by atoms with Gasteiger partial charge >= 0.3 is 0 Å². The van der Waals surface area contributed by atoms with Crippen LogP contribution in [-0.4, -0.2) is 13.2 Å². The maximum atomic E-state index is 5.98. The first-order valence-electron chi connectivity index (χ1n) is 6.56. The second kappa shape index (κ2) is 4.84. The number of nitrogens with two attached hydrogens (primary N) is 1. The SMILES string of the molecule is Cc1ccc(CN2CCOc3ccccc32)cc1N. The van der Waals surface area contributed by atoms with E-state index in [0.29, 0.717) is 0 Å². The maximum absolute atomic E-state index is 5.98. The van der Waals surface area contributed by atoms with Crippen molar-refractivity contribution in [2.45, 2.75) is 13.5 Å². The lowest BCUT2D eigenvalue weighted by atomic mass is 10.1. The highest BCUT2D eigenvalue weighted by atomic mass is 16.5. The Bertz CT molecular complexity index is 595. The number of nitrogen functional groups attached to an aromatic ring is 1. The number of benzene rings is 2. The average Bonchev–Trinajstić information content (AvgIpc) is 2.43. The van der Waals surface area contributed by atoms with E-state index in [2.05, 4.69) is 29.2 Å². The number of nitrogens with zero attached hydrogens (tertiary/aromatic N) is 1. The Labute approximate surface area is 113 Å². The highest BCUT2D eigenvalue weighted by Gasteiger charge is 2.17. The molecule has 1 heterocycles. The molecule has 0 atom stereocenters. The van der Waals surface area contributed by atoms with Gasteiger partial charge in [0.05, 0.1) is 12.2 Å². The largest absolute Gasteiger partial charge is 0.490 e. The molecule has 2 aromatic rings. The van der Waals surface area contributed by atoms with Gasteiger partial charge in [-0.25, -0.2) is 0 Å². The zero-order chi connectivity index (χ0) is 13.2. The molecular formula is C16H18N2O. The third-order valence-corrected chi connectivity index (χ3v) is 3.54. The molecule has 0 saturated heterocycles. The van der Waals surface area contributed by atoms with Gasteiger partial charge in [0.15, 0.2) is 0 Å². The molecule has 1 aliphatic heterocycles. The quantitative estimate of drug-likeness (QED) is 0.837. The van der Waals surface area contributed by atoms with Gasteiger partial charge in [-0.1, -0.05) is 24.3 Å². The van der Waals surface area contributed by atoms with Gasteiger partial charge in [-0.3, -0.25) is 0 Å². The van der Waals surface area contributed by atoms with E-state index < -0.39 is 0 Å². The molecule has 0 saturated carbocycles. The van der Waals surface area contributed by atoms with Crippen LogP contribution in [0.2, 0.25) is 0 Å². The Balaban J connectivity index is 1.86. The number of para-hydroxylation sites is 2. The van der Waals surface area contributed by atoms with E-state index >= 15 is 0 Å². The van der Waals surface area contributed by atoms with Crippen LogP contribution in [0.15, 0.2) is 42.5 Å². The van der Waals surface area contributed by atoms with Crippen molar-refractivity contribution in [3.63, 3.8) is 0 Å². The number of anilines is 2. The minimum Gasteiger partial charge on any atom is -0.490 e. The molecule has 3 nitrogen and oxygen atoms in total. The van der Waals surface area contributed by atoms with E-state index in [0.717, 1.165) is 42.4 Å². The number of hydrogen-bond donors (Lipinski definition) is 1. The van der Waals surface area contributed by atoms with E-state index in [-0.39, 0.29) is 0 Å². The molecule has 2 aromatic carbocycles. The van der Waals surface area contributed by atoms with Crippen LogP contribution in [0.3, 0.4) is 0 Å². The first-order valence-corrected chi connectivity index (χ1v) is 6.56. The Kier molecular flexibility index (Phi) is 3.03. The molecule has 1 aliphatic rings. The highest BCUT2D eigenvalue weighted by molar-refractivity contribution is 5.60. The molecule has 98 valence electrons. The van der Waals surface area contributed by atoms with Gasteiger partial charge in [0.1, 0.15) is 12.4 Å². The average molecular weight is 254 g/mol. The van der Waals surface area contributed by atoms with Crippen LogP contribution < -0.4 is 15.4 Å². The molecule has 3 rings (SSSR count). The van der Waals surface area contributed by atoms with Crippen molar-refractivity contribution < 1.29 is 4.74 Å². The van der Waals surface area contributed by atoms with Crippen LogP contribution in [0.4, 0.5) is 11.4 Å². The molecule has 0 aliphatic carbocycles. The summed E-state index contributed by atoms with van der Waals surface area (Å²) in [6.07, 6.45) is 0. The van der Waals surface area contributed by atoms with Gasteiger partial charge in [0, 0.05) is 12.2 Å². The minimum atomic E-state index is 0.734. The Morgan fingerprint density at radius 1 is 1.21 bits per heavy atom. The molecule has 0 spiro atoms. The number of fused-ring (bicyclic) bond motifs is 1. The van der Waals surface area contributed by atoms with Crippen molar-refractivity contribution in [1.82, 2.24) is 0 Å². The number of hydrogen-bond acceptors (Lipinski definition) is 3. The van der Waals surface area contributed by atoms with Crippen LogP contribution in [0.25, 0.3) is 0 Å². The second-order valence-electron chi connectivity index (χ2n) is 4.93. The van der Waals surface area contributed by atoms with Gasteiger partial charge in [-0.15, -0.1) is 0 Å². The molecule has 0 bridgehead atoms. The zero-order valence-electron chi connectivity index (χ0n) is 11.1. The number of ether oxygens (including phenoxy) is 1. The summed E-state index contributed by atoms with van der Waals surface area (Å²) in [7, 11) is 0. The summed E-state index contributed by atoms with van der Waals surface area (Å²) in [6.45, 7) is 4.54. The summed E-state index contributed by atoms with van der Waals surface area (Å²) >= 11 is 0. The van der Waals surface area contributed by atoms with Crippen molar-refractivity contribution in [3.05, 3.63) is 53.6 Å². The summed E-state index contributed by atoms with van der Waals surface area (Å²) in [5.41, 5.74) is 10.4. The molecule has 0 radical (unpaired) electrons. The monoisotopic (exact) mass is 254 g/mol. The lowest BCUT2D eigenvalue weighted by Crippen LogP contribution is -2.32. The fraction of sp³-hybridized carbons (Fsp3) is 0.250. The molecule has 19 heavy (non-hydrogen) atoms. The van der Waals surface area contributed by atoms with Crippen LogP contribution >= 0.6 is 0 Å². The topological polar surface area (TPSA) is 38.5 Å². The van der Waals surface area contributed by atoms with Gasteiger partial charge in [-0.2, -0.15) is 0 Å². The molecular weight excluding hydrogens is 236 g/mol. The Morgan fingerprint density at radius 2 is 2.05 bits per heavy atom. The normalized spacial score (nSPS) is 13.8. The van der Waals surface area contributed by atoms with Gasteiger partial charge in [0.25, 0.3) is 0 Å². The Morgan fingerprint density at radius 3 is 2.89 bits per heavy atom. The maximum Gasteiger partial charge on any atom is 0.142 e. The first-order chi connectivity index (χ1) is 9.24. The summed E-state index contributed by atoms with van der Waals surface area (Å²) in [5.74, 6) is 0.967. The lowest BCUT2D eigenvalue weighted by Gasteiger charge is -2.31. The number of rotatable bonds is 2. The summed E-state index contributed by atoms with van der Waals surface area (Å²) < 4.78 is 5.67. The van der Waals surface area contributed by atoms with Crippen LogP contribution in [0, 0.1) is 6.92 Å². The predicted molar refractivity (Wildman–Crippen MR) is 78.6 cm³/mol. The molecule has 0 aromatic heterocycles. The predicted octanol–water partition coefficient (Wildman–Crippen LogP) is 2.98. The van der Waals surface area contributed by atoms with Crippen molar-refractivity contribution in [1.29, 1.82) is 0 Å². The molecule has 0 fully saturated rings. The minimum absolute atomic E-state index is 0.734. The van der Waals surface area contributed by atoms with Gasteiger partial charge in [-0.05, 0) is 36.2 Å². The molecule has 0 amide bonds.